The van der Waals surface area contributed by atoms with Gasteiger partial charge in [-0.25, -0.2) is 4.79 Å². The molecule has 1 saturated heterocycles. The van der Waals surface area contributed by atoms with E-state index < -0.39 is 6.09 Å². The summed E-state index contributed by atoms with van der Waals surface area (Å²) >= 11 is 0. The molecule has 2 N–H and O–H groups in total. The zero-order chi connectivity index (χ0) is 9.14. The molecule has 0 radical (unpaired) electrons. The van der Waals surface area contributed by atoms with Crippen LogP contribution in [0.3, 0.4) is 0 Å². The van der Waals surface area contributed by atoms with Gasteiger partial charge < -0.3 is 20.1 Å². The molecule has 0 aromatic carbocycles. The zero-order valence-corrected chi connectivity index (χ0v) is 7.28. The first kappa shape index (κ1) is 9.28. The Kier molecular flexibility index (Phi) is 2.88. The van der Waals surface area contributed by atoms with E-state index in [2.05, 4.69) is 5.32 Å². The summed E-state index contributed by atoms with van der Waals surface area (Å²) in [5.41, 5.74) is 0. The average molecular weight is 174 g/mol. The van der Waals surface area contributed by atoms with Crippen LogP contribution < -0.4 is 5.32 Å². The molecule has 70 valence electrons. The minimum atomic E-state index is -0.911. The first-order valence-electron chi connectivity index (χ1n) is 3.86. The summed E-state index contributed by atoms with van der Waals surface area (Å²) in [6.45, 7) is 1.39. The van der Waals surface area contributed by atoms with Crippen LogP contribution in [-0.2, 0) is 4.74 Å². The largest absolute Gasteiger partial charge is 0.465 e. The molecule has 1 aliphatic heterocycles. The van der Waals surface area contributed by atoms with E-state index in [9.17, 15) is 4.79 Å². The van der Waals surface area contributed by atoms with E-state index in [1.54, 1.807) is 14.2 Å². The number of hydrogen-bond acceptors (Lipinski definition) is 3. The van der Waals surface area contributed by atoms with E-state index in [-0.39, 0.29) is 12.1 Å². The lowest BCUT2D eigenvalue weighted by Gasteiger charge is -2.25. The number of methoxy groups -OCH3 is 1. The quantitative estimate of drug-likeness (QED) is 0.597. The third-order valence-corrected chi connectivity index (χ3v) is 2.23. The fraction of sp³-hybridized carbons (Fsp3) is 0.857. The fourth-order valence-electron chi connectivity index (χ4n) is 1.41. The lowest BCUT2D eigenvalue weighted by Crippen LogP contribution is -2.44. The van der Waals surface area contributed by atoms with E-state index in [4.69, 9.17) is 9.84 Å². The average Bonchev–Trinajstić information content (AvgIpc) is 2.49. The molecule has 1 fully saturated rings. The van der Waals surface area contributed by atoms with E-state index >= 15 is 0 Å². The van der Waals surface area contributed by atoms with E-state index in [0.29, 0.717) is 6.54 Å². The molecule has 12 heavy (non-hydrogen) atoms. The van der Waals surface area contributed by atoms with Crippen molar-refractivity contribution < 1.29 is 14.6 Å². The highest BCUT2D eigenvalue weighted by molar-refractivity contribution is 5.65. The Balaban J connectivity index is 2.55. The standard InChI is InChI=1S/C7H14N2O3/c1-9(7(10)11)5-3-8-4-6(5)12-2/h5-6,8H,3-4H2,1-2H3,(H,10,11)/t5-,6-/m1/s1. The van der Waals surface area contributed by atoms with Gasteiger partial charge in [-0.05, 0) is 0 Å². The Morgan fingerprint density at radius 3 is 2.83 bits per heavy atom. The molecule has 1 heterocycles. The molecule has 0 spiro atoms. The van der Waals surface area contributed by atoms with Crippen LogP contribution in [0.1, 0.15) is 0 Å². The third-order valence-electron chi connectivity index (χ3n) is 2.23. The summed E-state index contributed by atoms with van der Waals surface area (Å²) in [6, 6.07) is -0.0625. The second-order valence-electron chi connectivity index (χ2n) is 2.89. The van der Waals surface area contributed by atoms with Gasteiger partial charge in [0.05, 0.1) is 12.1 Å². The van der Waals surface area contributed by atoms with Crippen LogP contribution in [0.25, 0.3) is 0 Å². The Bertz CT molecular complexity index is 174. The summed E-state index contributed by atoms with van der Waals surface area (Å²) in [5, 5.41) is 11.8. The highest BCUT2D eigenvalue weighted by atomic mass is 16.5. The first-order valence-corrected chi connectivity index (χ1v) is 3.86. The van der Waals surface area contributed by atoms with Crippen LogP contribution in [0.5, 0.6) is 0 Å². The second-order valence-corrected chi connectivity index (χ2v) is 2.89. The van der Waals surface area contributed by atoms with Crippen LogP contribution in [0.4, 0.5) is 4.79 Å². The van der Waals surface area contributed by atoms with Crippen LogP contribution in [-0.4, -0.2) is 55.5 Å². The normalized spacial score (nSPS) is 28.8. The number of carboxylic acid groups (broad SMARTS) is 1. The summed E-state index contributed by atoms with van der Waals surface area (Å²) in [7, 11) is 3.16. The van der Waals surface area contributed by atoms with Crippen molar-refractivity contribution >= 4 is 6.09 Å². The molecule has 0 unspecified atom stereocenters. The van der Waals surface area contributed by atoms with Gasteiger partial charge in [0.1, 0.15) is 0 Å². The molecule has 0 bridgehead atoms. The Morgan fingerprint density at radius 1 is 1.67 bits per heavy atom. The van der Waals surface area contributed by atoms with Gasteiger partial charge in [0, 0.05) is 27.2 Å². The molecular formula is C7H14N2O3. The van der Waals surface area contributed by atoms with Crippen molar-refractivity contribution in [3.05, 3.63) is 0 Å². The van der Waals surface area contributed by atoms with Crippen molar-refractivity contribution in [2.45, 2.75) is 12.1 Å². The number of hydrogen-bond donors (Lipinski definition) is 2. The van der Waals surface area contributed by atoms with E-state index in [1.807, 2.05) is 0 Å². The van der Waals surface area contributed by atoms with Gasteiger partial charge in [-0.15, -0.1) is 0 Å². The SMILES string of the molecule is CO[C@@H]1CNC[C@H]1N(C)C(=O)O. The van der Waals surface area contributed by atoms with E-state index in [0.717, 1.165) is 6.54 Å². The molecule has 1 aliphatic rings. The zero-order valence-electron chi connectivity index (χ0n) is 7.28. The van der Waals surface area contributed by atoms with E-state index in [1.165, 1.54) is 4.90 Å². The highest BCUT2D eigenvalue weighted by Gasteiger charge is 2.32. The minimum Gasteiger partial charge on any atom is -0.465 e. The van der Waals surface area contributed by atoms with Gasteiger partial charge in [0.25, 0.3) is 0 Å². The fourth-order valence-corrected chi connectivity index (χ4v) is 1.41. The van der Waals surface area contributed by atoms with Crippen LogP contribution in [0.15, 0.2) is 0 Å². The molecule has 0 aliphatic carbocycles. The Labute approximate surface area is 71.3 Å². The number of ether oxygens (including phenoxy) is 1. The summed E-state index contributed by atoms with van der Waals surface area (Å²) in [5.74, 6) is 0. The maximum absolute atomic E-state index is 10.6. The topological polar surface area (TPSA) is 61.8 Å². The van der Waals surface area contributed by atoms with Crippen LogP contribution >= 0.6 is 0 Å². The van der Waals surface area contributed by atoms with Gasteiger partial charge in [-0.1, -0.05) is 0 Å². The molecule has 5 nitrogen and oxygen atoms in total. The highest BCUT2D eigenvalue weighted by Crippen LogP contribution is 2.10. The number of nitrogens with one attached hydrogen (secondary N) is 1. The molecule has 5 heteroatoms. The van der Waals surface area contributed by atoms with Gasteiger partial charge in [-0.3, -0.25) is 0 Å². The van der Waals surface area contributed by atoms with Crippen LogP contribution in [0, 0.1) is 0 Å². The number of amides is 1. The van der Waals surface area contributed by atoms with Crippen molar-refractivity contribution in [2.75, 3.05) is 27.2 Å². The molecular weight excluding hydrogens is 160 g/mol. The van der Waals surface area contributed by atoms with Crippen molar-refractivity contribution in [1.82, 2.24) is 10.2 Å². The molecule has 1 rings (SSSR count). The lowest BCUT2D eigenvalue weighted by molar-refractivity contribution is 0.0535. The van der Waals surface area contributed by atoms with Gasteiger partial charge in [-0.2, -0.15) is 0 Å². The maximum atomic E-state index is 10.6. The van der Waals surface area contributed by atoms with Gasteiger partial charge in [0.15, 0.2) is 0 Å². The molecule has 1 amide bonds. The molecule has 2 atom stereocenters. The first-order chi connectivity index (χ1) is 5.66. The number of carbonyl (C=O) groups is 1. The van der Waals surface area contributed by atoms with Gasteiger partial charge >= 0.3 is 6.09 Å². The summed E-state index contributed by atoms with van der Waals surface area (Å²) in [4.78, 5) is 11.9. The Morgan fingerprint density at radius 2 is 2.33 bits per heavy atom. The monoisotopic (exact) mass is 174 g/mol. The third kappa shape index (κ3) is 1.67. The predicted molar refractivity (Wildman–Crippen MR) is 43.2 cm³/mol. The summed E-state index contributed by atoms with van der Waals surface area (Å²) < 4.78 is 5.13. The molecule has 0 saturated carbocycles. The van der Waals surface area contributed by atoms with Gasteiger partial charge in [0.2, 0.25) is 0 Å². The number of nitrogens with zero attached hydrogens (tertiary/aromatic N) is 1. The second kappa shape index (κ2) is 3.73. The van der Waals surface area contributed by atoms with Crippen molar-refractivity contribution in [1.29, 1.82) is 0 Å². The van der Waals surface area contributed by atoms with Crippen molar-refractivity contribution in [2.24, 2.45) is 0 Å². The number of likely N-dealkylation sites (N-methyl/N-ethyl adjacent to an activating group) is 1. The minimum absolute atomic E-state index is 0.0221. The molecule has 0 aromatic heterocycles. The smallest absolute Gasteiger partial charge is 0.407 e. The van der Waals surface area contributed by atoms with Crippen molar-refractivity contribution in [3.8, 4) is 0 Å². The lowest BCUT2D eigenvalue weighted by atomic mass is 10.2. The summed E-state index contributed by atoms with van der Waals surface area (Å²) in [6.07, 6.45) is -0.933. The Hall–Kier alpha value is -0.810. The molecule has 0 aromatic rings. The van der Waals surface area contributed by atoms with Crippen LogP contribution in [0.2, 0.25) is 0 Å². The van der Waals surface area contributed by atoms with Crippen molar-refractivity contribution in [3.63, 3.8) is 0 Å². The number of rotatable bonds is 2. The maximum Gasteiger partial charge on any atom is 0.407 e. The predicted octanol–water partition coefficient (Wildman–Crippen LogP) is -0.417.